The normalized spacial score (nSPS) is 23.5. The van der Waals surface area contributed by atoms with E-state index in [0.717, 1.165) is 5.56 Å². The van der Waals surface area contributed by atoms with Gasteiger partial charge < -0.3 is 53.6 Å². The first-order valence-corrected chi connectivity index (χ1v) is 10.5. The third kappa shape index (κ3) is 6.43. The Kier molecular flexibility index (Phi) is 10.9. The molecule has 12 heteroatoms. The third-order valence-corrected chi connectivity index (χ3v) is 5.39. The summed E-state index contributed by atoms with van der Waals surface area (Å²) in [6, 6.07) is 8.42. The number of aliphatic hydroxyl groups excluding tert-OH is 3. The Morgan fingerprint density at radius 1 is 0.806 bits per heavy atom. The predicted octanol–water partition coefficient (Wildman–Crippen LogP) is -3.17. The Morgan fingerprint density at radius 2 is 1.36 bits per heavy atom. The maximum atomic E-state index is 11.2. The molecule has 0 amide bonds. The molecule has 2 aromatic rings. The summed E-state index contributed by atoms with van der Waals surface area (Å²) in [5.74, 6) is 0.0287. The van der Waals surface area contributed by atoms with Crippen molar-refractivity contribution in [2.75, 3.05) is 28.4 Å². The minimum absolute atomic E-state index is 0. The molecule has 0 aliphatic carbocycles. The summed E-state index contributed by atoms with van der Waals surface area (Å²) >= 11 is 0. The molecule has 0 saturated carbocycles. The Labute approximate surface area is 230 Å². The first-order chi connectivity index (χ1) is 16.7. The van der Waals surface area contributed by atoms with Gasteiger partial charge in [0.2, 0.25) is 12.0 Å². The second-order valence-corrected chi connectivity index (χ2v) is 7.54. The van der Waals surface area contributed by atoms with Gasteiger partial charge in [-0.1, -0.05) is 18.2 Å². The number of hydrogen-bond donors (Lipinski definition) is 3. The Hall–Kier alpha value is -2.51. The topological polar surface area (TPSA) is 156 Å². The van der Waals surface area contributed by atoms with Gasteiger partial charge in [-0.3, -0.25) is 0 Å². The van der Waals surface area contributed by atoms with Crippen molar-refractivity contribution in [2.24, 2.45) is 0 Å². The fraction of sp³-hybridized carbons (Fsp3) is 0.375. The molecule has 0 radical (unpaired) electrons. The summed E-state index contributed by atoms with van der Waals surface area (Å²) < 4.78 is 32.1. The molecular formula is C24H27NaO11. The van der Waals surface area contributed by atoms with Crippen molar-refractivity contribution in [3.8, 4) is 28.7 Å². The fourth-order valence-corrected chi connectivity index (χ4v) is 3.54. The molecule has 11 nitrogen and oxygen atoms in total. The summed E-state index contributed by atoms with van der Waals surface area (Å²) in [4.78, 5) is 11.2. The van der Waals surface area contributed by atoms with Crippen molar-refractivity contribution < 1.29 is 83.2 Å². The smallest absolute Gasteiger partial charge is 0.547 e. The molecule has 1 aliphatic rings. The Bertz CT molecular complexity index is 1050. The van der Waals surface area contributed by atoms with Gasteiger partial charge in [0, 0.05) is 0 Å². The van der Waals surface area contributed by atoms with E-state index in [9.17, 15) is 25.2 Å². The van der Waals surface area contributed by atoms with Gasteiger partial charge in [-0.2, -0.15) is 0 Å². The van der Waals surface area contributed by atoms with Gasteiger partial charge in [-0.15, -0.1) is 0 Å². The zero-order valence-corrected chi connectivity index (χ0v) is 22.5. The van der Waals surface area contributed by atoms with Crippen LogP contribution in [0.5, 0.6) is 28.7 Å². The summed E-state index contributed by atoms with van der Waals surface area (Å²) in [5, 5.41) is 41.3. The summed E-state index contributed by atoms with van der Waals surface area (Å²) in [6.45, 7) is 0. The first kappa shape index (κ1) is 29.7. The molecule has 3 N–H and O–H groups in total. The van der Waals surface area contributed by atoms with Crippen molar-refractivity contribution in [3.05, 3.63) is 41.5 Å². The molecule has 0 unspecified atom stereocenters. The van der Waals surface area contributed by atoms with Crippen LogP contribution < -0.4 is 58.3 Å². The Morgan fingerprint density at radius 3 is 1.89 bits per heavy atom. The number of carboxylic acids is 1. The number of methoxy groups -OCH3 is 4. The number of aliphatic hydroxyl groups is 3. The molecule has 1 heterocycles. The number of benzene rings is 2. The van der Waals surface area contributed by atoms with E-state index in [1.54, 1.807) is 42.5 Å². The van der Waals surface area contributed by atoms with Gasteiger partial charge >= 0.3 is 29.6 Å². The monoisotopic (exact) mass is 514 g/mol. The van der Waals surface area contributed by atoms with Crippen molar-refractivity contribution in [3.63, 3.8) is 0 Å². The molecule has 1 saturated heterocycles. The summed E-state index contributed by atoms with van der Waals surface area (Å²) in [5.41, 5.74) is 1.40. The molecule has 0 spiro atoms. The van der Waals surface area contributed by atoms with E-state index < -0.39 is 36.7 Å². The van der Waals surface area contributed by atoms with E-state index in [4.69, 9.17) is 28.4 Å². The van der Waals surface area contributed by atoms with E-state index >= 15 is 0 Å². The molecule has 190 valence electrons. The number of carboxylic acid groups (broad SMARTS) is 1. The number of carbonyl (C=O) groups excluding carboxylic acids is 1. The number of ether oxygens (including phenoxy) is 6. The summed E-state index contributed by atoms with van der Waals surface area (Å²) in [7, 11) is 5.94. The van der Waals surface area contributed by atoms with E-state index in [2.05, 4.69) is 0 Å². The van der Waals surface area contributed by atoms with Gasteiger partial charge in [0.05, 0.1) is 34.4 Å². The molecule has 3 rings (SSSR count). The second-order valence-electron chi connectivity index (χ2n) is 7.54. The number of aliphatic carboxylic acids is 1. The van der Waals surface area contributed by atoms with Crippen molar-refractivity contribution in [2.45, 2.75) is 30.7 Å². The molecule has 36 heavy (non-hydrogen) atoms. The molecule has 1 aliphatic heterocycles. The van der Waals surface area contributed by atoms with E-state index in [1.807, 2.05) is 0 Å². The summed E-state index contributed by atoms with van der Waals surface area (Å²) in [6.07, 6.45) is -5.41. The number of rotatable bonds is 9. The van der Waals surface area contributed by atoms with Crippen LogP contribution in [0.3, 0.4) is 0 Å². The van der Waals surface area contributed by atoms with Crippen LogP contribution in [-0.2, 0) is 9.53 Å². The fourth-order valence-electron chi connectivity index (χ4n) is 3.54. The van der Waals surface area contributed by atoms with Crippen molar-refractivity contribution in [1.29, 1.82) is 0 Å². The van der Waals surface area contributed by atoms with E-state index in [0.29, 0.717) is 22.8 Å². The molecule has 1 fully saturated rings. The van der Waals surface area contributed by atoms with Crippen LogP contribution >= 0.6 is 0 Å². The molecule has 0 aromatic heterocycles. The third-order valence-electron chi connectivity index (χ3n) is 5.39. The van der Waals surface area contributed by atoms with Crippen LogP contribution in [0.15, 0.2) is 30.3 Å². The Balaban J connectivity index is 0.00000456. The second kappa shape index (κ2) is 13.2. The average molecular weight is 514 g/mol. The van der Waals surface area contributed by atoms with Crippen molar-refractivity contribution >= 4 is 18.1 Å². The van der Waals surface area contributed by atoms with Crippen LogP contribution in [0.1, 0.15) is 11.1 Å². The van der Waals surface area contributed by atoms with Gasteiger partial charge in [-0.05, 0) is 35.4 Å². The molecule has 2 aromatic carbocycles. The van der Waals surface area contributed by atoms with Gasteiger partial charge in [0.1, 0.15) is 24.4 Å². The zero-order valence-electron chi connectivity index (χ0n) is 20.5. The molecule has 5 atom stereocenters. The van der Waals surface area contributed by atoms with E-state index in [1.165, 1.54) is 28.4 Å². The standard InChI is InChI=1S/C24H28O11.Na/c1-30-14-8-7-12(5-6-13-10-16(31-2)21(33-4)17(11-13)32-3)9-15(14)34-24-20(27)18(25)19(26)22(35-24)23(28)29;/h5-11,18-20,22,24-27H,1-4H3,(H,28,29);/q;+1/p-1/b6-5-;/t18-,19-,20+,22-,24+;/m0./s1. The maximum absolute atomic E-state index is 11.2. The van der Waals surface area contributed by atoms with Gasteiger partial charge in [0.25, 0.3) is 0 Å². The molecule has 0 bridgehead atoms. The van der Waals surface area contributed by atoms with E-state index in [-0.39, 0.29) is 41.1 Å². The minimum Gasteiger partial charge on any atom is -0.547 e. The van der Waals surface area contributed by atoms with Crippen molar-refractivity contribution in [1.82, 2.24) is 0 Å². The van der Waals surface area contributed by atoms with Gasteiger partial charge in [-0.25, -0.2) is 0 Å². The SMILES string of the molecule is COc1ccc(/C=C\c2cc(OC)c(OC)c(OC)c2)cc1O[C@@H]1O[C@H](C(=O)[O-])[C@@H](O)[C@H](O)[C@H]1O.[Na+]. The minimum atomic E-state index is -1.90. The quantitative estimate of drug-likeness (QED) is 0.229. The maximum Gasteiger partial charge on any atom is 1.00 e. The largest absolute Gasteiger partial charge is 1.00 e. The van der Waals surface area contributed by atoms with Crippen LogP contribution in [0.4, 0.5) is 0 Å². The average Bonchev–Trinajstić information content (AvgIpc) is 2.86. The number of hydrogen-bond acceptors (Lipinski definition) is 11. The predicted molar refractivity (Wildman–Crippen MR) is 120 cm³/mol. The molecular weight excluding hydrogens is 487 g/mol. The zero-order chi connectivity index (χ0) is 25.7. The van der Waals surface area contributed by atoms with Gasteiger partial charge in [0.15, 0.2) is 23.0 Å². The van der Waals surface area contributed by atoms with Crippen LogP contribution in [-0.4, -0.2) is 80.4 Å². The first-order valence-electron chi connectivity index (χ1n) is 10.5. The number of carbonyl (C=O) groups is 1. The van der Waals surface area contributed by atoms with Crippen LogP contribution in [0, 0.1) is 0 Å². The van der Waals surface area contributed by atoms with Crippen LogP contribution in [0.2, 0.25) is 0 Å². The van der Waals surface area contributed by atoms with Crippen LogP contribution in [0.25, 0.3) is 12.2 Å².